The van der Waals surface area contributed by atoms with Crippen LogP contribution < -0.4 is 0 Å². The lowest BCUT2D eigenvalue weighted by atomic mass is 10.1. The maximum atomic E-state index is 12.5. The van der Waals surface area contributed by atoms with Crippen molar-refractivity contribution in [2.45, 2.75) is 39.2 Å². The first-order valence-electron chi connectivity index (χ1n) is 8.23. The van der Waals surface area contributed by atoms with Crippen molar-refractivity contribution in [3.63, 3.8) is 0 Å². The predicted molar refractivity (Wildman–Crippen MR) is 86.0 cm³/mol. The van der Waals surface area contributed by atoms with Gasteiger partial charge in [-0.3, -0.25) is 19.3 Å². The van der Waals surface area contributed by atoms with Crippen molar-refractivity contribution < 1.29 is 14.4 Å². The number of hydrogen-bond donors (Lipinski definition) is 0. The molecule has 5 heteroatoms. The highest BCUT2D eigenvalue weighted by atomic mass is 16.2. The molecule has 3 amide bonds. The molecule has 3 rings (SSSR count). The molecule has 2 aliphatic rings. The van der Waals surface area contributed by atoms with Crippen LogP contribution in [0.4, 0.5) is 0 Å². The van der Waals surface area contributed by atoms with E-state index in [-0.39, 0.29) is 23.8 Å². The van der Waals surface area contributed by atoms with E-state index in [9.17, 15) is 14.4 Å². The minimum absolute atomic E-state index is 0.0523. The molecule has 1 saturated heterocycles. The summed E-state index contributed by atoms with van der Waals surface area (Å²) < 4.78 is 0. The van der Waals surface area contributed by atoms with E-state index in [1.54, 1.807) is 24.3 Å². The molecular weight excluding hydrogens is 292 g/mol. The van der Waals surface area contributed by atoms with Gasteiger partial charge in [0.15, 0.2) is 0 Å². The van der Waals surface area contributed by atoms with Crippen LogP contribution in [0.15, 0.2) is 24.3 Å². The molecule has 1 atom stereocenters. The van der Waals surface area contributed by atoms with Crippen LogP contribution in [0.3, 0.4) is 0 Å². The summed E-state index contributed by atoms with van der Waals surface area (Å²) in [7, 11) is 0. The highest BCUT2D eigenvalue weighted by Crippen LogP contribution is 2.26. The molecular formula is C18H22N2O3. The molecule has 2 aliphatic heterocycles. The Morgan fingerprint density at radius 3 is 2.26 bits per heavy atom. The van der Waals surface area contributed by atoms with Crippen molar-refractivity contribution in [3.8, 4) is 0 Å². The Kier molecular flexibility index (Phi) is 4.20. The van der Waals surface area contributed by atoms with Crippen LogP contribution >= 0.6 is 0 Å². The molecule has 1 aromatic carbocycles. The second-order valence-electron chi connectivity index (χ2n) is 6.73. The van der Waals surface area contributed by atoms with Crippen LogP contribution in [0.2, 0.25) is 0 Å². The zero-order valence-electron chi connectivity index (χ0n) is 13.6. The maximum absolute atomic E-state index is 12.5. The summed E-state index contributed by atoms with van der Waals surface area (Å²) in [5.74, 6) is 0.165. The van der Waals surface area contributed by atoms with E-state index < -0.39 is 0 Å². The summed E-state index contributed by atoms with van der Waals surface area (Å²) in [6, 6.07) is 6.85. The first-order chi connectivity index (χ1) is 11.0. The number of likely N-dealkylation sites (tertiary alicyclic amines) is 1. The van der Waals surface area contributed by atoms with Gasteiger partial charge in [-0.2, -0.15) is 0 Å². The number of imide groups is 1. The zero-order chi connectivity index (χ0) is 16.6. The Bertz CT molecular complexity index is 618. The van der Waals surface area contributed by atoms with Crippen LogP contribution in [0.25, 0.3) is 0 Å². The Morgan fingerprint density at radius 2 is 1.70 bits per heavy atom. The van der Waals surface area contributed by atoms with Gasteiger partial charge in [0.25, 0.3) is 11.8 Å². The van der Waals surface area contributed by atoms with Gasteiger partial charge in [-0.15, -0.1) is 0 Å². The van der Waals surface area contributed by atoms with Gasteiger partial charge < -0.3 is 4.90 Å². The summed E-state index contributed by atoms with van der Waals surface area (Å²) in [6.07, 6.45) is 2.15. The second-order valence-corrected chi connectivity index (χ2v) is 6.73. The third kappa shape index (κ3) is 2.87. The maximum Gasteiger partial charge on any atom is 0.261 e. The van der Waals surface area contributed by atoms with Crippen molar-refractivity contribution in [2.24, 2.45) is 5.92 Å². The summed E-state index contributed by atoms with van der Waals surface area (Å²) in [5.41, 5.74) is 0.936. The summed E-state index contributed by atoms with van der Waals surface area (Å²) in [4.78, 5) is 40.1. The van der Waals surface area contributed by atoms with Crippen LogP contribution in [0, 0.1) is 5.92 Å². The van der Waals surface area contributed by atoms with E-state index in [2.05, 4.69) is 13.8 Å². The van der Waals surface area contributed by atoms with Crippen molar-refractivity contribution in [3.05, 3.63) is 35.4 Å². The molecule has 1 fully saturated rings. The number of nitrogens with zero attached hydrogens (tertiary/aromatic N) is 2. The molecule has 0 aliphatic carbocycles. The van der Waals surface area contributed by atoms with Crippen molar-refractivity contribution in [1.29, 1.82) is 0 Å². The monoisotopic (exact) mass is 314 g/mol. The van der Waals surface area contributed by atoms with Crippen molar-refractivity contribution in [1.82, 2.24) is 9.80 Å². The number of amides is 3. The number of hydrogen-bond acceptors (Lipinski definition) is 3. The third-order valence-corrected chi connectivity index (χ3v) is 4.67. The largest absolute Gasteiger partial charge is 0.338 e. The van der Waals surface area contributed by atoms with E-state index in [1.165, 1.54) is 4.90 Å². The van der Waals surface area contributed by atoms with E-state index in [0.29, 0.717) is 43.0 Å². The highest BCUT2D eigenvalue weighted by molar-refractivity contribution is 6.21. The standard InChI is InChI=1S/C18H22N2O3/c1-12(2)9-10-19-13(7-8-16(19)21)11-20-17(22)14-5-3-4-6-15(14)18(20)23/h3-6,12-13H,7-11H2,1-2H3. The Hall–Kier alpha value is -2.17. The Morgan fingerprint density at radius 1 is 1.09 bits per heavy atom. The van der Waals surface area contributed by atoms with E-state index in [4.69, 9.17) is 0 Å². The summed E-state index contributed by atoms with van der Waals surface area (Å²) in [6.45, 7) is 5.25. The van der Waals surface area contributed by atoms with E-state index in [1.807, 2.05) is 4.90 Å². The lowest BCUT2D eigenvalue weighted by molar-refractivity contribution is -0.129. The molecule has 0 radical (unpaired) electrons. The third-order valence-electron chi connectivity index (χ3n) is 4.67. The van der Waals surface area contributed by atoms with Crippen LogP contribution in [0.5, 0.6) is 0 Å². The molecule has 23 heavy (non-hydrogen) atoms. The minimum Gasteiger partial charge on any atom is -0.338 e. The highest BCUT2D eigenvalue weighted by Gasteiger charge is 2.40. The number of benzene rings is 1. The molecule has 2 heterocycles. The topological polar surface area (TPSA) is 57.7 Å². The van der Waals surface area contributed by atoms with Gasteiger partial charge in [0.05, 0.1) is 17.2 Å². The quantitative estimate of drug-likeness (QED) is 0.784. The number of carbonyl (C=O) groups excluding carboxylic acids is 3. The fraction of sp³-hybridized carbons (Fsp3) is 0.500. The molecule has 0 saturated carbocycles. The van der Waals surface area contributed by atoms with Crippen LogP contribution in [-0.4, -0.2) is 46.7 Å². The van der Waals surface area contributed by atoms with Gasteiger partial charge in [-0.1, -0.05) is 26.0 Å². The number of fused-ring (bicyclic) bond motifs is 1. The zero-order valence-corrected chi connectivity index (χ0v) is 13.6. The van der Waals surface area contributed by atoms with Crippen LogP contribution in [0.1, 0.15) is 53.8 Å². The first kappa shape index (κ1) is 15.7. The molecule has 1 aromatic rings. The fourth-order valence-corrected chi connectivity index (χ4v) is 3.30. The Balaban J connectivity index is 1.73. The first-order valence-corrected chi connectivity index (χ1v) is 8.23. The molecule has 0 bridgehead atoms. The van der Waals surface area contributed by atoms with E-state index >= 15 is 0 Å². The Labute approximate surface area is 136 Å². The smallest absolute Gasteiger partial charge is 0.261 e. The molecule has 0 N–H and O–H groups in total. The fourth-order valence-electron chi connectivity index (χ4n) is 3.30. The SMILES string of the molecule is CC(C)CCN1C(=O)CCC1CN1C(=O)c2ccccc2C1=O. The normalized spacial score (nSPS) is 20.8. The number of rotatable bonds is 5. The number of carbonyl (C=O) groups is 3. The average Bonchev–Trinajstić information content (AvgIpc) is 2.99. The van der Waals surface area contributed by atoms with Gasteiger partial charge in [0.1, 0.15) is 0 Å². The van der Waals surface area contributed by atoms with Crippen LogP contribution in [-0.2, 0) is 4.79 Å². The minimum atomic E-state index is -0.242. The average molecular weight is 314 g/mol. The van der Waals surface area contributed by atoms with Crippen molar-refractivity contribution in [2.75, 3.05) is 13.1 Å². The van der Waals surface area contributed by atoms with Gasteiger partial charge in [0, 0.05) is 19.5 Å². The lowest BCUT2D eigenvalue weighted by Crippen LogP contribution is -2.44. The summed E-state index contributed by atoms with van der Waals surface area (Å²) in [5, 5.41) is 0. The lowest BCUT2D eigenvalue weighted by Gasteiger charge is -2.28. The van der Waals surface area contributed by atoms with Gasteiger partial charge in [-0.05, 0) is 30.9 Å². The molecule has 1 unspecified atom stereocenters. The predicted octanol–water partition coefficient (Wildman–Crippen LogP) is 2.32. The van der Waals surface area contributed by atoms with Gasteiger partial charge in [-0.25, -0.2) is 0 Å². The molecule has 0 aromatic heterocycles. The molecule has 5 nitrogen and oxygen atoms in total. The second kappa shape index (κ2) is 6.14. The molecule has 0 spiro atoms. The molecule has 122 valence electrons. The van der Waals surface area contributed by atoms with Gasteiger partial charge >= 0.3 is 0 Å². The van der Waals surface area contributed by atoms with E-state index in [0.717, 1.165) is 6.42 Å². The summed E-state index contributed by atoms with van der Waals surface area (Å²) >= 11 is 0. The van der Waals surface area contributed by atoms with Crippen molar-refractivity contribution >= 4 is 17.7 Å². The van der Waals surface area contributed by atoms with Gasteiger partial charge in [0.2, 0.25) is 5.91 Å².